The standard InChI is InChI=1S/C55H34N8/c1-3-13-35(14-4-1)45-32-46(36-15-5-2-6-16-36)60-55(59-45)63-48-20-10-7-17-41(48)43-25-23-38(30-52(43)63)37-24-26-49-44(29-37)42-18-8-9-19-47(42)61(49)39-31-40(34-56-33-39)62-50-21-11-27-57-53(50)54-51(62)22-12-28-58-54/h1-34H. The van der Waals surface area contributed by atoms with Gasteiger partial charge in [0, 0.05) is 45.1 Å². The molecule has 0 spiro atoms. The maximum absolute atomic E-state index is 5.27. The average molecular weight is 807 g/mol. The first-order chi connectivity index (χ1) is 31.2. The molecule has 63 heavy (non-hydrogen) atoms. The van der Waals surface area contributed by atoms with Gasteiger partial charge in [-0.2, -0.15) is 0 Å². The molecule has 0 saturated heterocycles. The summed E-state index contributed by atoms with van der Waals surface area (Å²) in [5.74, 6) is 0.626. The first-order valence-corrected chi connectivity index (χ1v) is 21.0. The van der Waals surface area contributed by atoms with Crippen LogP contribution in [0, 0.1) is 0 Å². The second-order valence-electron chi connectivity index (χ2n) is 15.8. The van der Waals surface area contributed by atoms with Crippen LogP contribution >= 0.6 is 0 Å². The highest BCUT2D eigenvalue weighted by Crippen LogP contribution is 2.39. The molecule has 7 aromatic heterocycles. The van der Waals surface area contributed by atoms with E-state index in [0.717, 1.165) is 105 Å². The molecule has 0 aliphatic heterocycles. The molecule has 0 amide bonds. The van der Waals surface area contributed by atoms with Crippen molar-refractivity contribution in [3.05, 3.63) is 207 Å². The Morgan fingerprint density at radius 3 is 1.46 bits per heavy atom. The first-order valence-electron chi connectivity index (χ1n) is 21.0. The van der Waals surface area contributed by atoms with Crippen LogP contribution in [0.25, 0.3) is 117 Å². The number of fused-ring (bicyclic) bond motifs is 9. The van der Waals surface area contributed by atoms with Gasteiger partial charge in [0.05, 0.1) is 68.3 Å². The van der Waals surface area contributed by atoms with Gasteiger partial charge in [-0.25, -0.2) is 9.97 Å². The van der Waals surface area contributed by atoms with Crippen molar-refractivity contribution in [1.29, 1.82) is 0 Å². The summed E-state index contributed by atoms with van der Waals surface area (Å²) in [5.41, 5.74) is 15.9. The molecule has 7 heterocycles. The Labute approximate surface area is 360 Å². The Hall–Kier alpha value is -8.75. The van der Waals surface area contributed by atoms with Crippen molar-refractivity contribution in [3.63, 3.8) is 0 Å². The minimum absolute atomic E-state index is 0.626. The van der Waals surface area contributed by atoms with Crippen LogP contribution < -0.4 is 0 Å². The quantitative estimate of drug-likeness (QED) is 0.167. The van der Waals surface area contributed by atoms with Gasteiger partial charge in [0.25, 0.3) is 0 Å². The Morgan fingerprint density at radius 2 is 0.810 bits per heavy atom. The molecule has 6 aromatic carbocycles. The predicted molar refractivity (Wildman–Crippen MR) is 255 cm³/mol. The number of hydrogen-bond acceptors (Lipinski definition) is 5. The third-order valence-corrected chi connectivity index (χ3v) is 12.2. The van der Waals surface area contributed by atoms with Crippen LogP contribution in [0.3, 0.4) is 0 Å². The van der Waals surface area contributed by atoms with E-state index in [1.54, 1.807) is 0 Å². The highest BCUT2D eigenvalue weighted by atomic mass is 15.2. The third kappa shape index (κ3) is 5.52. The summed E-state index contributed by atoms with van der Waals surface area (Å²) in [5, 5.41) is 4.62. The normalized spacial score (nSPS) is 11.8. The van der Waals surface area contributed by atoms with E-state index in [-0.39, 0.29) is 0 Å². The smallest absolute Gasteiger partial charge is 0.235 e. The second-order valence-corrected chi connectivity index (χ2v) is 15.8. The highest BCUT2D eigenvalue weighted by Gasteiger charge is 2.20. The van der Waals surface area contributed by atoms with E-state index in [2.05, 4.69) is 171 Å². The summed E-state index contributed by atoms with van der Waals surface area (Å²) in [7, 11) is 0. The summed E-state index contributed by atoms with van der Waals surface area (Å²) in [6.45, 7) is 0. The zero-order valence-electron chi connectivity index (χ0n) is 33.7. The molecule has 0 saturated carbocycles. The van der Waals surface area contributed by atoms with E-state index in [9.17, 15) is 0 Å². The summed E-state index contributed by atoms with van der Waals surface area (Å²) in [6.07, 6.45) is 7.49. The molecule has 0 radical (unpaired) electrons. The fourth-order valence-corrected chi connectivity index (χ4v) is 9.43. The molecular weight excluding hydrogens is 773 g/mol. The van der Waals surface area contributed by atoms with Crippen LogP contribution in [0.1, 0.15) is 0 Å². The largest absolute Gasteiger partial charge is 0.308 e. The van der Waals surface area contributed by atoms with Crippen molar-refractivity contribution in [2.45, 2.75) is 0 Å². The van der Waals surface area contributed by atoms with Crippen LogP contribution in [-0.4, -0.2) is 38.6 Å². The molecule has 0 bridgehead atoms. The lowest BCUT2D eigenvalue weighted by atomic mass is 10.0. The van der Waals surface area contributed by atoms with E-state index < -0.39 is 0 Å². The molecule has 13 aromatic rings. The summed E-state index contributed by atoms with van der Waals surface area (Å²) in [6, 6.07) is 63.8. The lowest BCUT2D eigenvalue weighted by Gasteiger charge is -2.12. The molecule has 294 valence electrons. The molecule has 0 unspecified atom stereocenters. The number of rotatable bonds is 6. The number of para-hydroxylation sites is 2. The lowest BCUT2D eigenvalue weighted by molar-refractivity contribution is 0.996. The molecule has 0 N–H and O–H groups in total. The van der Waals surface area contributed by atoms with Gasteiger partial charge in [0.1, 0.15) is 11.0 Å². The highest BCUT2D eigenvalue weighted by molar-refractivity contribution is 6.12. The molecule has 0 fully saturated rings. The van der Waals surface area contributed by atoms with Crippen LogP contribution in [0.2, 0.25) is 0 Å². The predicted octanol–water partition coefficient (Wildman–Crippen LogP) is 13.0. The Balaban J connectivity index is 0.983. The van der Waals surface area contributed by atoms with Crippen LogP contribution in [0.15, 0.2) is 207 Å². The fraction of sp³-hybridized carbons (Fsp3) is 0. The van der Waals surface area contributed by atoms with Crippen molar-refractivity contribution in [2.75, 3.05) is 0 Å². The Morgan fingerprint density at radius 1 is 0.317 bits per heavy atom. The minimum Gasteiger partial charge on any atom is -0.308 e. The third-order valence-electron chi connectivity index (χ3n) is 12.2. The zero-order valence-corrected chi connectivity index (χ0v) is 33.7. The molecule has 8 nitrogen and oxygen atoms in total. The number of aromatic nitrogens is 8. The molecule has 0 aliphatic carbocycles. The molecule has 0 aliphatic rings. The lowest BCUT2D eigenvalue weighted by Crippen LogP contribution is -2.04. The zero-order chi connectivity index (χ0) is 41.4. The van der Waals surface area contributed by atoms with Gasteiger partial charge in [-0.15, -0.1) is 0 Å². The van der Waals surface area contributed by atoms with Gasteiger partial charge in [-0.05, 0) is 77.9 Å². The van der Waals surface area contributed by atoms with E-state index in [4.69, 9.17) is 24.9 Å². The Bertz CT molecular complexity index is 3810. The second kappa shape index (κ2) is 13.9. The van der Waals surface area contributed by atoms with Crippen molar-refractivity contribution >= 4 is 65.7 Å². The van der Waals surface area contributed by atoms with Crippen LogP contribution in [0.5, 0.6) is 0 Å². The van der Waals surface area contributed by atoms with Crippen LogP contribution in [0.4, 0.5) is 0 Å². The first kappa shape index (κ1) is 35.0. The van der Waals surface area contributed by atoms with Crippen molar-refractivity contribution in [3.8, 4) is 51.0 Å². The molecule has 0 atom stereocenters. The SMILES string of the molecule is c1ccc(-c2cc(-c3ccccc3)nc(-n3c4ccccc4c4ccc(-c5ccc6c(c5)c5ccccc5n6-c5cncc(-n6c7cccnc7c7ncccc76)c5)cc43)n2)cc1. The number of nitrogens with zero attached hydrogens (tertiary/aromatic N) is 8. The van der Waals surface area contributed by atoms with Crippen molar-refractivity contribution in [2.24, 2.45) is 0 Å². The summed E-state index contributed by atoms with van der Waals surface area (Å²) in [4.78, 5) is 24.8. The van der Waals surface area contributed by atoms with Gasteiger partial charge in [0.2, 0.25) is 5.95 Å². The van der Waals surface area contributed by atoms with Crippen LogP contribution in [-0.2, 0) is 0 Å². The van der Waals surface area contributed by atoms with Gasteiger partial charge in [-0.3, -0.25) is 19.5 Å². The maximum atomic E-state index is 5.27. The Kier molecular flexibility index (Phi) is 7.74. The van der Waals surface area contributed by atoms with Crippen molar-refractivity contribution in [1.82, 2.24) is 38.6 Å². The number of benzene rings is 6. The average Bonchev–Trinajstić information content (AvgIpc) is 4.00. The van der Waals surface area contributed by atoms with E-state index in [1.807, 2.05) is 49.1 Å². The molecule has 8 heteroatoms. The van der Waals surface area contributed by atoms with E-state index in [1.165, 1.54) is 5.39 Å². The number of pyridine rings is 3. The van der Waals surface area contributed by atoms with E-state index in [0.29, 0.717) is 5.95 Å². The van der Waals surface area contributed by atoms with Gasteiger partial charge < -0.3 is 9.13 Å². The monoisotopic (exact) mass is 806 g/mol. The minimum atomic E-state index is 0.626. The fourth-order valence-electron chi connectivity index (χ4n) is 9.43. The van der Waals surface area contributed by atoms with Gasteiger partial charge in [0.15, 0.2) is 0 Å². The summed E-state index contributed by atoms with van der Waals surface area (Å²) < 4.78 is 6.74. The van der Waals surface area contributed by atoms with Gasteiger partial charge >= 0.3 is 0 Å². The number of hydrogen-bond donors (Lipinski definition) is 0. The molecular formula is C55H34N8. The van der Waals surface area contributed by atoms with Crippen molar-refractivity contribution < 1.29 is 0 Å². The summed E-state index contributed by atoms with van der Waals surface area (Å²) >= 11 is 0. The van der Waals surface area contributed by atoms with Gasteiger partial charge in [-0.1, -0.05) is 115 Å². The topological polar surface area (TPSA) is 79.2 Å². The van der Waals surface area contributed by atoms with E-state index >= 15 is 0 Å². The maximum Gasteiger partial charge on any atom is 0.235 e. The molecule has 13 rings (SSSR count).